The van der Waals surface area contributed by atoms with Crippen molar-refractivity contribution in [3.8, 4) is 0 Å². The van der Waals surface area contributed by atoms with Gasteiger partial charge in [0.1, 0.15) is 0 Å². The van der Waals surface area contributed by atoms with E-state index in [0.717, 1.165) is 5.56 Å². The van der Waals surface area contributed by atoms with Crippen molar-refractivity contribution in [3.63, 3.8) is 0 Å². The van der Waals surface area contributed by atoms with Gasteiger partial charge in [0.2, 0.25) is 11.8 Å². The predicted octanol–water partition coefficient (Wildman–Crippen LogP) is 2.29. The van der Waals surface area contributed by atoms with Crippen LogP contribution in [0.5, 0.6) is 0 Å². The van der Waals surface area contributed by atoms with Gasteiger partial charge in [-0.1, -0.05) is 51.1 Å². The lowest BCUT2D eigenvalue weighted by Crippen LogP contribution is -2.47. The summed E-state index contributed by atoms with van der Waals surface area (Å²) < 4.78 is 0. The second kappa shape index (κ2) is 8.48. The van der Waals surface area contributed by atoms with Crippen molar-refractivity contribution in [3.05, 3.63) is 35.9 Å². The lowest BCUT2D eigenvalue weighted by Gasteiger charge is -2.37. The zero-order valence-corrected chi connectivity index (χ0v) is 15.6. The number of carbonyl (C=O) groups is 2. The Hall–Kier alpha value is -1.88. The van der Waals surface area contributed by atoms with E-state index in [0.29, 0.717) is 39.0 Å². The molecule has 5 heteroatoms. The summed E-state index contributed by atoms with van der Waals surface area (Å²) in [7, 11) is 0. The number of hydrogen-bond acceptors (Lipinski definition) is 3. The number of nitrogens with zero attached hydrogens (tertiary/aromatic N) is 2. The Labute approximate surface area is 150 Å². The first-order valence-electron chi connectivity index (χ1n) is 9.06. The zero-order valence-electron chi connectivity index (χ0n) is 15.6. The molecule has 0 aliphatic carbocycles. The highest BCUT2D eigenvalue weighted by atomic mass is 16.3. The van der Waals surface area contributed by atoms with Crippen molar-refractivity contribution >= 4 is 11.8 Å². The summed E-state index contributed by atoms with van der Waals surface area (Å²) >= 11 is 0. The number of amides is 2. The van der Waals surface area contributed by atoms with Gasteiger partial charge < -0.3 is 14.9 Å². The van der Waals surface area contributed by atoms with Crippen LogP contribution in [0.25, 0.3) is 0 Å². The smallest absolute Gasteiger partial charge is 0.227 e. The first kappa shape index (κ1) is 19.4. The summed E-state index contributed by atoms with van der Waals surface area (Å²) in [6, 6.07) is 9.83. The molecular formula is C20H30N2O3. The van der Waals surface area contributed by atoms with Crippen molar-refractivity contribution in [2.45, 2.75) is 40.2 Å². The second-order valence-corrected chi connectivity index (χ2v) is 7.79. The van der Waals surface area contributed by atoms with Crippen LogP contribution in [0.3, 0.4) is 0 Å². The number of likely N-dealkylation sites (tertiary alicyclic amines) is 1. The van der Waals surface area contributed by atoms with E-state index in [1.54, 1.807) is 4.90 Å². The topological polar surface area (TPSA) is 60.9 Å². The lowest BCUT2D eigenvalue weighted by atomic mass is 9.90. The van der Waals surface area contributed by atoms with Gasteiger partial charge in [-0.25, -0.2) is 0 Å². The van der Waals surface area contributed by atoms with E-state index in [1.807, 2.05) is 56.0 Å². The van der Waals surface area contributed by atoms with Gasteiger partial charge in [0, 0.05) is 37.5 Å². The van der Waals surface area contributed by atoms with Crippen LogP contribution in [-0.4, -0.2) is 53.0 Å². The van der Waals surface area contributed by atoms with E-state index >= 15 is 0 Å². The van der Waals surface area contributed by atoms with Crippen LogP contribution in [0.1, 0.15) is 39.2 Å². The van der Waals surface area contributed by atoms with E-state index in [1.165, 1.54) is 0 Å². The molecule has 2 amide bonds. The molecular weight excluding hydrogens is 316 g/mol. The van der Waals surface area contributed by atoms with E-state index in [4.69, 9.17) is 0 Å². The van der Waals surface area contributed by atoms with Crippen molar-refractivity contribution in [2.75, 3.05) is 26.2 Å². The fourth-order valence-electron chi connectivity index (χ4n) is 3.25. The van der Waals surface area contributed by atoms with Gasteiger partial charge in [0.25, 0.3) is 0 Å². The van der Waals surface area contributed by atoms with Crippen LogP contribution >= 0.6 is 0 Å². The number of benzene rings is 1. The van der Waals surface area contributed by atoms with E-state index in [2.05, 4.69) is 0 Å². The molecule has 1 aliphatic heterocycles. The molecule has 1 aromatic rings. The van der Waals surface area contributed by atoms with Crippen LogP contribution in [0.2, 0.25) is 0 Å². The number of rotatable bonds is 5. The minimum absolute atomic E-state index is 0.0417. The van der Waals surface area contributed by atoms with Gasteiger partial charge in [-0.05, 0) is 18.4 Å². The highest BCUT2D eigenvalue weighted by Crippen LogP contribution is 2.25. The lowest BCUT2D eigenvalue weighted by molar-refractivity contribution is -0.145. The predicted molar refractivity (Wildman–Crippen MR) is 97.7 cm³/mol. The molecule has 1 saturated heterocycles. The molecule has 25 heavy (non-hydrogen) atoms. The third-order valence-corrected chi connectivity index (χ3v) is 4.67. The minimum Gasteiger partial charge on any atom is -0.395 e. The van der Waals surface area contributed by atoms with Gasteiger partial charge in [0.15, 0.2) is 0 Å². The Morgan fingerprint density at radius 2 is 1.76 bits per heavy atom. The summed E-state index contributed by atoms with van der Waals surface area (Å²) in [5.74, 6) is 0.162. The summed E-state index contributed by atoms with van der Waals surface area (Å²) in [6.07, 6.45) is 1.38. The fraction of sp³-hybridized carbons (Fsp3) is 0.600. The average molecular weight is 346 g/mol. The highest BCUT2D eigenvalue weighted by Gasteiger charge is 2.33. The average Bonchev–Trinajstić information content (AvgIpc) is 2.60. The van der Waals surface area contributed by atoms with Gasteiger partial charge in [-0.3, -0.25) is 9.59 Å². The van der Waals surface area contributed by atoms with E-state index < -0.39 is 0 Å². The third-order valence-electron chi connectivity index (χ3n) is 4.67. The molecule has 0 saturated carbocycles. The molecule has 0 unspecified atom stereocenters. The van der Waals surface area contributed by atoms with Crippen LogP contribution in [-0.2, 0) is 16.1 Å². The summed E-state index contributed by atoms with van der Waals surface area (Å²) in [5.41, 5.74) is 0.678. The van der Waals surface area contributed by atoms with Gasteiger partial charge in [-0.15, -0.1) is 0 Å². The molecule has 1 N–H and O–H groups in total. The number of aliphatic hydroxyl groups excluding tert-OH is 1. The number of hydrogen-bond donors (Lipinski definition) is 1. The molecule has 0 atom stereocenters. The van der Waals surface area contributed by atoms with Crippen LogP contribution in [0.4, 0.5) is 0 Å². The van der Waals surface area contributed by atoms with E-state index in [-0.39, 0.29) is 29.8 Å². The Kier molecular flexibility index (Phi) is 6.59. The summed E-state index contributed by atoms with van der Waals surface area (Å²) in [4.78, 5) is 28.9. The molecule has 0 radical (unpaired) electrons. The molecule has 0 spiro atoms. The molecule has 138 valence electrons. The molecule has 1 fully saturated rings. The SMILES string of the molecule is CC(C)(C)C(=O)N1CCC(C(=O)N(CCO)Cc2ccccc2)CC1. The molecule has 1 aliphatic rings. The largest absolute Gasteiger partial charge is 0.395 e. The maximum absolute atomic E-state index is 12.9. The maximum atomic E-state index is 12.9. The van der Waals surface area contributed by atoms with Crippen LogP contribution < -0.4 is 0 Å². The Bertz CT molecular complexity index is 572. The number of piperidine rings is 1. The Balaban J connectivity index is 1.96. The molecule has 2 rings (SSSR count). The summed E-state index contributed by atoms with van der Waals surface area (Å²) in [5, 5.41) is 9.32. The second-order valence-electron chi connectivity index (χ2n) is 7.79. The van der Waals surface area contributed by atoms with Crippen LogP contribution in [0, 0.1) is 11.3 Å². The molecule has 0 aromatic heterocycles. The molecule has 1 aromatic carbocycles. The number of carbonyl (C=O) groups excluding carboxylic acids is 2. The quantitative estimate of drug-likeness (QED) is 0.890. The normalized spacial score (nSPS) is 15.9. The van der Waals surface area contributed by atoms with E-state index in [9.17, 15) is 14.7 Å². The zero-order chi connectivity index (χ0) is 18.4. The third kappa shape index (κ3) is 5.30. The highest BCUT2D eigenvalue weighted by molar-refractivity contribution is 5.82. The molecule has 5 nitrogen and oxygen atoms in total. The monoisotopic (exact) mass is 346 g/mol. The fourth-order valence-corrected chi connectivity index (χ4v) is 3.25. The first-order valence-corrected chi connectivity index (χ1v) is 9.06. The first-order chi connectivity index (χ1) is 11.8. The maximum Gasteiger partial charge on any atom is 0.227 e. The van der Waals surface area contributed by atoms with Crippen LogP contribution in [0.15, 0.2) is 30.3 Å². The van der Waals surface area contributed by atoms with Crippen molar-refractivity contribution in [1.29, 1.82) is 0 Å². The van der Waals surface area contributed by atoms with Crippen molar-refractivity contribution in [2.24, 2.45) is 11.3 Å². The Morgan fingerprint density at radius 3 is 2.28 bits per heavy atom. The van der Waals surface area contributed by atoms with Crippen molar-refractivity contribution < 1.29 is 14.7 Å². The number of aliphatic hydroxyl groups is 1. The molecule has 1 heterocycles. The van der Waals surface area contributed by atoms with Gasteiger partial charge >= 0.3 is 0 Å². The van der Waals surface area contributed by atoms with Gasteiger partial charge in [0.05, 0.1) is 6.61 Å². The Morgan fingerprint density at radius 1 is 1.16 bits per heavy atom. The van der Waals surface area contributed by atoms with Gasteiger partial charge in [-0.2, -0.15) is 0 Å². The molecule has 0 bridgehead atoms. The summed E-state index contributed by atoms with van der Waals surface area (Å²) in [6.45, 7) is 7.85. The van der Waals surface area contributed by atoms with Crippen molar-refractivity contribution in [1.82, 2.24) is 9.80 Å². The standard InChI is InChI=1S/C20H30N2O3/c1-20(2,3)19(25)21-11-9-17(10-12-21)18(24)22(13-14-23)15-16-7-5-4-6-8-16/h4-8,17,23H,9-15H2,1-3H3. The minimum atomic E-state index is -0.382.